The van der Waals surface area contributed by atoms with Crippen LogP contribution in [-0.4, -0.2) is 63.1 Å². The van der Waals surface area contributed by atoms with Crippen molar-refractivity contribution in [2.45, 2.75) is 44.5 Å². The Kier molecular flexibility index (Phi) is 4.60. The Morgan fingerprint density at radius 2 is 2.21 bits per heavy atom. The molecular formula is C24H27N5O4. The van der Waals surface area contributed by atoms with Crippen LogP contribution in [0.1, 0.15) is 36.2 Å². The van der Waals surface area contributed by atoms with Crippen LogP contribution in [0.15, 0.2) is 36.8 Å². The third-order valence-electron chi connectivity index (χ3n) is 6.85. The van der Waals surface area contributed by atoms with E-state index in [1.807, 2.05) is 12.1 Å². The maximum absolute atomic E-state index is 13.3. The smallest absolute Gasteiger partial charge is 0.261 e. The number of amides is 1. The number of nitrogens with zero attached hydrogens (tertiary/aromatic N) is 4. The van der Waals surface area contributed by atoms with Crippen molar-refractivity contribution < 1.29 is 19.4 Å². The molecule has 5 heterocycles. The fourth-order valence-corrected chi connectivity index (χ4v) is 5.19. The quantitative estimate of drug-likeness (QED) is 0.633. The van der Waals surface area contributed by atoms with Gasteiger partial charge in [-0.05, 0) is 32.4 Å². The molecule has 172 valence electrons. The molecule has 1 aromatic carbocycles. The summed E-state index contributed by atoms with van der Waals surface area (Å²) in [6, 6.07) is 5.79. The molecule has 3 unspecified atom stereocenters. The molecule has 3 aliphatic heterocycles. The van der Waals surface area contributed by atoms with Gasteiger partial charge >= 0.3 is 0 Å². The van der Waals surface area contributed by atoms with Gasteiger partial charge in [-0.3, -0.25) is 4.79 Å². The normalized spacial score (nSPS) is 25.5. The Bertz CT molecular complexity index is 1240. The Morgan fingerprint density at radius 1 is 1.33 bits per heavy atom. The topological polar surface area (TPSA) is 101 Å². The van der Waals surface area contributed by atoms with Gasteiger partial charge in [0.05, 0.1) is 30.3 Å². The number of hydrogen-bond donors (Lipinski definition) is 2. The first-order valence-corrected chi connectivity index (χ1v) is 11.4. The lowest BCUT2D eigenvalue weighted by Gasteiger charge is -2.29. The van der Waals surface area contributed by atoms with Gasteiger partial charge in [-0.2, -0.15) is 5.10 Å². The maximum atomic E-state index is 13.3. The van der Waals surface area contributed by atoms with Gasteiger partial charge in [0.15, 0.2) is 5.65 Å². The number of ether oxygens (including phenoxy) is 2. The average Bonchev–Trinajstić information content (AvgIpc) is 3.39. The van der Waals surface area contributed by atoms with E-state index >= 15 is 0 Å². The van der Waals surface area contributed by atoms with Gasteiger partial charge in [0, 0.05) is 49.5 Å². The first-order chi connectivity index (χ1) is 15.9. The van der Waals surface area contributed by atoms with E-state index < -0.39 is 6.10 Å². The van der Waals surface area contributed by atoms with E-state index in [1.54, 1.807) is 23.0 Å². The highest BCUT2D eigenvalue weighted by atomic mass is 16.5. The zero-order chi connectivity index (χ0) is 22.7. The van der Waals surface area contributed by atoms with Crippen LogP contribution in [0.2, 0.25) is 0 Å². The van der Waals surface area contributed by atoms with Crippen LogP contribution in [-0.2, 0) is 11.2 Å². The molecule has 0 saturated carbocycles. The van der Waals surface area contributed by atoms with Gasteiger partial charge in [0.1, 0.15) is 23.0 Å². The molecule has 3 atom stereocenters. The van der Waals surface area contributed by atoms with Crippen molar-refractivity contribution in [3.63, 3.8) is 0 Å². The minimum atomic E-state index is -0.456. The van der Waals surface area contributed by atoms with Crippen LogP contribution < -0.4 is 15.0 Å². The predicted molar refractivity (Wildman–Crippen MR) is 122 cm³/mol. The average molecular weight is 450 g/mol. The lowest BCUT2D eigenvalue weighted by Crippen LogP contribution is -2.36. The van der Waals surface area contributed by atoms with Gasteiger partial charge in [-0.1, -0.05) is 0 Å². The van der Waals surface area contributed by atoms with Crippen LogP contribution in [0.5, 0.6) is 5.75 Å². The molecule has 0 aliphatic carbocycles. The standard InChI is InChI=1S/C24H27N5O4/c1-24(2)10-15-8-17(27-23(31)16-11-26-29-6-3-5-25-22(16)29)18(9-19(15)33-24)28-7-4-14-13-32-20(12-28)21(14)30/h3,5-6,8-9,11,14,20-21,30H,4,7,10,12-13H2,1-2H3,(H,27,31). The van der Waals surface area contributed by atoms with E-state index in [9.17, 15) is 9.90 Å². The van der Waals surface area contributed by atoms with Crippen molar-refractivity contribution in [1.29, 1.82) is 0 Å². The fourth-order valence-electron chi connectivity index (χ4n) is 5.19. The highest BCUT2D eigenvalue weighted by molar-refractivity contribution is 6.09. The Morgan fingerprint density at radius 3 is 3.09 bits per heavy atom. The SMILES string of the molecule is CC1(C)Cc2cc(NC(=O)c3cnn4cccnc34)c(N3CCC4COC(C3)C4O)cc2O1. The fraction of sp³-hybridized carbons (Fsp3) is 0.458. The number of nitrogens with one attached hydrogen (secondary N) is 1. The molecular weight excluding hydrogens is 422 g/mol. The Hall–Kier alpha value is -3.17. The number of aliphatic hydroxyl groups is 1. The summed E-state index contributed by atoms with van der Waals surface area (Å²) in [5, 5.41) is 17.9. The highest BCUT2D eigenvalue weighted by Crippen LogP contribution is 2.43. The van der Waals surface area contributed by atoms with Crippen molar-refractivity contribution >= 4 is 22.9 Å². The van der Waals surface area contributed by atoms with Crippen molar-refractivity contribution in [2.24, 2.45) is 5.92 Å². The molecule has 33 heavy (non-hydrogen) atoms. The highest BCUT2D eigenvalue weighted by Gasteiger charge is 2.40. The summed E-state index contributed by atoms with van der Waals surface area (Å²) in [5.41, 5.74) is 3.25. The van der Waals surface area contributed by atoms with Crippen molar-refractivity contribution in [1.82, 2.24) is 14.6 Å². The van der Waals surface area contributed by atoms with Gasteiger partial charge in [0.2, 0.25) is 0 Å². The van der Waals surface area contributed by atoms with Crippen LogP contribution in [0.4, 0.5) is 11.4 Å². The van der Waals surface area contributed by atoms with Crippen LogP contribution in [0, 0.1) is 5.92 Å². The first-order valence-electron chi connectivity index (χ1n) is 11.4. The first kappa shape index (κ1) is 20.4. The molecule has 0 radical (unpaired) electrons. The Balaban J connectivity index is 1.37. The molecule has 2 bridgehead atoms. The van der Waals surface area contributed by atoms with Gasteiger partial charge in [-0.15, -0.1) is 0 Å². The van der Waals surface area contributed by atoms with Crippen molar-refractivity contribution in [2.75, 3.05) is 29.9 Å². The van der Waals surface area contributed by atoms with Crippen LogP contribution in [0.25, 0.3) is 5.65 Å². The van der Waals surface area contributed by atoms with Crippen molar-refractivity contribution in [3.05, 3.63) is 47.9 Å². The second-order valence-corrected chi connectivity index (χ2v) is 9.77. The van der Waals surface area contributed by atoms with E-state index in [0.717, 1.165) is 36.4 Å². The monoisotopic (exact) mass is 449 g/mol. The predicted octanol–water partition coefficient (Wildman–Crippen LogP) is 2.28. The number of hydrogen-bond acceptors (Lipinski definition) is 7. The van der Waals surface area contributed by atoms with E-state index in [1.165, 1.54) is 6.20 Å². The summed E-state index contributed by atoms with van der Waals surface area (Å²) in [6.07, 6.45) is 5.83. The van der Waals surface area contributed by atoms with E-state index in [2.05, 4.69) is 34.1 Å². The summed E-state index contributed by atoms with van der Waals surface area (Å²) in [7, 11) is 0. The van der Waals surface area contributed by atoms with Gasteiger partial charge in [-0.25, -0.2) is 9.50 Å². The number of carbonyl (C=O) groups is 1. The molecule has 2 fully saturated rings. The molecule has 3 aliphatic rings. The number of benzene rings is 1. The van der Waals surface area contributed by atoms with E-state index in [4.69, 9.17) is 9.47 Å². The van der Waals surface area contributed by atoms with Gasteiger partial charge < -0.3 is 24.8 Å². The third-order valence-corrected chi connectivity index (χ3v) is 6.85. The van der Waals surface area contributed by atoms with E-state index in [-0.39, 0.29) is 23.5 Å². The summed E-state index contributed by atoms with van der Waals surface area (Å²) < 4.78 is 13.6. The lowest BCUT2D eigenvalue weighted by atomic mass is 10.0. The molecule has 9 nitrogen and oxygen atoms in total. The molecule has 9 heteroatoms. The minimum absolute atomic E-state index is 0.146. The Labute approximate surface area is 191 Å². The summed E-state index contributed by atoms with van der Waals surface area (Å²) >= 11 is 0. The van der Waals surface area contributed by atoms with Gasteiger partial charge in [0.25, 0.3) is 5.91 Å². The molecule has 6 rings (SSSR count). The summed E-state index contributed by atoms with van der Waals surface area (Å²) in [4.78, 5) is 19.8. The summed E-state index contributed by atoms with van der Waals surface area (Å²) in [5.74, 6) is 0.713. The number of aliphatic hydroxyl groups excluding tert-OH is 1. The third kappa shape index (κ3) is 3.52. The number of rotatable bonds is 3. The largest absolute Gasteiger partial charge is 0.487 e. The number of carbonyl (C=O) groups excluding carboxylic acids is 1. The lowest BCUT2D eigenvalue weighted by molar-refractivity contribution is 0.0469. The van der Waals surface area contributed by atoms with Crippen LogP contribution >= 0.6 is 0 Å². The minimum Gasteiger partial charge on any atom is -0.487 e. The molecule has 3 aromatic rings. The number of fused-ring (bicyclic) bond motifs is 4. The molecule has 2 saturated heterocycles. The number of anilines is 2. The maximum Gasteiger partial charge on any atom is 0.261 e. The molecule has 0 spiro atoms. The molecule has 1 amide bonds. The zero-order valence-electron chi connectivity index (χ0n) is 18.7. The van der Waals surface area contributed by atoms with Crippen LogP contribution in [0.3, 0.4) is 0 Å². The molecule has 2 aromatic heterocycles. The molecule has 2 N–H and O–H groups in total. The number of aromatic nitrogens is 3. The second kappa shape index (κ2) is 7.43. The zero-order valence-corrected chi connectivity index (χ0v) is 18.7. The second-order valence-electron chi connectivity index (χ2n) is 9.77. The van der Waals surface area contributed by atoms with Crippen molar-refractivity contribution in [3.8, 4) is 5.75 Å². The summed E-state index contributed by atoms with van der Waals surface area (Å²) in [6.45, 7) is 6.05. The van der Waals surface area contributed by atoms with E-state index in [0.29, 0.717) is 30.0 Å².